The molecule has 0 amide bonds. The Morgan fingerprint density at radius 3 is 2.19 bits per heavy atom. The van der Waals surface area contributed by atoms with Crippen LogP contribution in [0.2, 0.25) is 19.6 Å². The van der Waals surface area contributed by atoms with Crippen LogP contribution in [0.15, 0.2) is 42.5 Å². The van der Waals surface area contributed by atoms with Crippen molar-refractivity contribution in [2.24, 2.45) is 0 Å². The van der Waals surface area contributed by atoms with Crippen LogP contribution in [0.4, 0.5) is 0 Å². The van der Waals surface area contributed by atoms with E-state index < -0.39 is 8.07 Å². The van der Waals surface area contributed by atoms with Crippen LogP contribution in [0, 0.1) is 6.92 Å². The first-order chi connectivity index (χ1) is 8.91. The summed E-state index contributed by atoms with van der Waals surface area (Å²) in [6, 6.07) is 15.3. The predicted molar refractivity (Wildman–Crippen MR) is 94.7 cm³/mol. The summed E-state index contributed by atoms with van der Waals surface area (Å²) in [4.78, 5) is 0. The Labute approximate surface area is 153 Å². The van der Waals surface area contributed by atoms with Crippen molar-refractivity contribution in [3.05, 3.63) is 48.0 Å². The van der Waals surface area contributed by atoms with E-state index in [0.717, 1.165) is 5.75 Å². The second-order valence-corrected chi connectivity index (χ2v) is 11.3. The van der Waals surface area contributed by atoms with Crippen molar-refractivity contribution in [3.63, 3.8) is 0 Å². The van der Waals surface area contributed by atoms with Gasteiger partial charge in [0.15, 0.2) is 0 Å². The molecule has 2 aromatic carbocycles. The van der Waals surface area contributed by atoms with Crippen molar-refractivity contribution in [3.8, 4) is 16.9 Å². The molecular weight excluding hydrogens is 355 g/mol. The van der Waals surface area contributed by atoms with E-state index in [-0.39, 0.29) is 24.8 Å². The SMILES string of the molecule is Cc1ccc(-c2cccc([Si](C)(C)C)c2)c([O][Ti])c1.Cl.Cl. The standard InChI is InChI=1S/C16H20OSi.2ClH.Ti/c1-12-8-9-15(16(17)10-12)13-6-5-7-14(11-13)18(2,3)4;;;/h5-11,17H,1-4H3;2*1H;/q;;;+1/p-1. The molecule has 0 heterocycles. The Hall–Kier alpha value is -0.249. The first kappa shape index (κ1) is 20.8. The van der Waals surface area contributed by atoms with E-state index >= 15 is 0 Å². The summed E-state index contributed by atoms with van der Waals surface area (Å²) in [5.74, 6) is 0.952. The van der Waals surface area contributed by atoms with Crippen molar-refractivity contribution in [2.45, 2.75) is 26.6 Å². The summed E-state index contributed by atoms with van der Waals surface area (Å²) in [5, 5.41) is 1.48. The number of hydrogen-bond donors (Lipinski definition) is 0. The molecule has 0 saturated heterocycles. The summed E-state index contributed by atoms with van der Waals surface area (Å²) in [5.41, 5.74) is 3.65. The van der Waals surface area contributed by atoms with Gasteiger partial charge < -0.3 is 0 Å². The Balaban J connectivity index is 0.00000200. The van der Waals surface area contributed by atoms with E-state index in [1.165, 1.54) is 21.9 Å². The minimum Gasteiger partial charge on any atom is -0.147 e. The molecule has 0 unspecified atom stereocenters. The van der Waals surface area contributed by atoms with Crippen LogP contribution in [-0.4, -0.2) is 8.07 Å². The Morgan fingerprint density at radius 1 is 0.952 bits per heavy atom. The summed E-state index contributed by atoms with van der Waals surface area (Å²) in [6.07, 6.45) is 0. The van der Waals surface area contributed by atoms with E-state index in [9.17, 15) is 0 Å². The van der Waals surface area contributed by atoms with Crippen LogP contribution in [0.3, 0.4) is 0 Å². The molecule has 0 atom stereocenters. The van der Waals surface area contributed by atoms with E-state index in [0.29, 0.717) is 0 Å². The van der Waals surface area contributed by atoms with Crippen LogP contribution >= 0.6 is 24.8 Å². The van der Waals surface area contributed by atoms with Gasteiger partial charge in [0.25, 0.3) is 0 Å². The molecule has 0 aliphatic rings. The van der Waals surface area contributed by atoms with Crippen LogP contribution < -0.4 is 8.51 Å². The van der Waals surface area contributed by atoms with Crippen molar-refractivity contribution < 1.29 is 24.1 Å². The van der Waals surface area contributed by atoms with Gasteiger partial charge in [-0.3, -0.25) is 0 Å². The fourth-order valence-electron chi connectivity index (χ4n) is 2.11. The smallest absolute Gasteiger partial charge is 0.147 e. The number of halogens is 2. The third-order valence-electron chi connectivity index (χ3n) is 3.29. The average molecular weight is 376 g/mol. The molecule has 0 bridgehead atoms. The van der Waals surface area contributed by atoms with Crippen molar-refractivity contribution in [2.75, 3.05) is 0 Å². The maximum absolute atomic E-state index is 5.52. The molecule has 0 N–H and O–H groups in total. The fourth-order valence-corrected chi connectivity index (χ4v) is 3.55. The minimum atomic E-state index is -1.28. The molecular formula is C16H21Cl2OSiTi. The van der Waals surface area contributed by atoms with Gasteiger partial charge >= 0.3 is 129 Å². The zero-order valence-corrected chi connectivity index (χ0v) is 17.0. The molecule has 0 saturated carbocycles. The second-order valence-electron chi connectivity index (χ2n) is 5.93. The van der Waals surface area contributed by atoms with Gasteiger partial charge in [0.2, 0.25) is 0 Å². The number of aryl methyl sites for hydroxylation is 1. The van der Waals surface area contributed by atoms with Crippen LogP contribution in [0.1, 0.15) is 5.56 Å². The Kier molecular flexibility index (Phi) is 8.30. The molecule has 0 aliphatic carbocycles. The molecule has 0 aliphatic heterocycles. The van der Waals surface area contributed by atoms with Gasteiger partial charge in [0.1, 0.15) is 0 Å². The molecule has 0 fully saturated rings. The molecule has 1 nitrogen and oxygen atoms in total. The molecule has 21 heavy (non-hydrogen) atoms. The number of benzene rings is 2. The van der Waals surface area contributed by atoms with Gasteiger partial charge in [-0.2, -0.15) is 0 Å². The summed E-state index contributed by atoms with van der Waals surface area (Å²) >= 11 is 1.74. The maximum Gasteiger partial charge on any atom is -0.147 e. The van der Waals surface area contributed by atoms with E-state index in [1.807, 2.05) is 0 Å². The van der Waals surface area contributed by atoms with Crippen LogP contribution in [0.25, 0.3) is 11.1 Å². The number of hydrogen-bond acceptors (Lipinski definition) is 1. The molecule has 0 radical (unpaired) electrons. The van der Waals surface area contributed by atoms with Gasteiger partial charge in [-0.25, -0.2) is 0 Å². The van der Waals surface area contributed by atoms with Crippen LogP contribution in [0.5, 0.6) is 5.75 Å². The average Bonchev–Trinajstić information content (AvgIpc) is 2.37. The van der Waals surface area contributed by atoms with E-state index in [2.05, 4.69) is 69.0 Å². The predicted octanol–water partition coefficient (Wildman–Crippen LogP) is 4.89. The molecule has 113 valence electrons. The quantitative estimate of drug-likeness (QED) is 0.693. The van der Waals surface area contributed by atoms with Gasteiger partial charge in [-0.1, -0.05) is 0 Å². The minimum absolute atomic E-state index is 0. The third-order valence-corrected chi connectivity index (χ3v) is 5.67. The molecule has 0 aromatic heterocycles. The molecule has 2 aromatic rings. The van der Waals surface area contributed by atoms with E-state index in [1.54, 1.807) is 20.8 Å². The number of rotatable bonds is 3. The molecule has 2 rings (SSSR count). The van der Waals surface area contributed by atoms with Crippen molar-refractivity contribution in [1.29, 1.82) is 0 Å². The van der Waals surface area contributed by atoms with Crippen molar-refractivity contribution >= 4 is 38.1 Å². The van der Waals surface area contributed by atoms with Crippen LogP contribution in [-0.2, 0) is 20.8 Å². The Morgan fingerprint density at radius 2 is 1.62 bits per heavy atom. The Bertz CT molecular complexity index is 597. The summed E-state index contributed by atoms with van der Waals surface area (Å²) in [7, 11) is -1.28. The van der Waals surface area contributed by atoms with Gasteiger partial charge in [0, 0.05) is 0 Å². The van der Waals surface area contributed by atoms with Gasteiger partial charge in [-0.15, -0.1) is 24.8 Å². The monoisotopic (exact) mass is 375 g/mol. The first-order valence-corrected chi connectivity index (χ1v) is 10.6. The zero-order chi connectivity index (χ0) is 14.0. The second kappa shape index (κ2) is 8.40. The largest absolute Gasteiger partial charge is 0.147 e. The fraction of sp³-hybridized carbons (Fsp3) is 0.250. The normalized spacial score (nSPS) is 10.2. The molecule has 5 heteroatoms. The maximum atomic E-state index is 5.52. The first-order valence-electron chi connectivity index (χ1n) is 6.47. The summed E-state index contributed by atoms with van der Waals surface area (Å²) in [6.45, 7) is 9.21. The third kappa shape index (κ3) is 5.15. The topological polar surface area (TPSA) is 9.23 Å². The van der Waals surface area contributed by atoms with Gasteiger partial charge in [0.05, 0.1) is 0 Å². The van der Waals surface area contributed by atoms with E-state index in [4.69, 9.17) is 3.32 Å². The molecule has 0 spiro atoms. The van der Waals surface area contributed by atoms with Gasteiger partial charge in [-0.05, 0) is 0 Å². The summed E-state index contributed by atoms with van der Waals surface area (Å²) < 4.78 is 5.52. The zero-order valence-electron chi connectivity index (χ0n) is 12.8. The van der Waals surface area contributed by atoms with Crippen molar-refractivity contribution in [1.82, 2.24) is 0 Å².